The largest absolute Gasteiger partial charge is 0.462 e. The summed E-state index contributed by atoms with van der Waals surface area (Å²) < 4.78 is 25.6. The summed E-state index contributed by atoms with van der Waals surface area (Å²) in [6.07, 6.45) is 3.60. The van der Waals surface area contributed by atoms with Gasteiger partial charge in [-0.2, -0.15) is 0 Å². The topological polar surface area (TPSA) is 80.3 Å². The Balaban J connectivity index is 1.84. The molecule has 1 atom stereocenters. The van der Waals surface area contributed by atoms with Crippen LogP contribution in [0.1, 0.15) is 19.3 Å². The second kappa shape index (κ2) is 11.8. The normalized spacial score (nSPS) is 18.7. The van der Waals surface area contributed by atoms with Crippen molar-refractivity contribution in [3.63, 3.8) is 0 Å². The summed E-state index contributed by atoms with van der Waals surface area (Å²) in [6.45, 7) is 1.65. The zero-order chi connectivity index (χ0) is 14.5. The SMILES string of the molecule is O=CCOCCOC(=O)COCCOC1CCCCO1. The molecular formula is C13H22O7. The average molecular weight is 290 g/mol. The van der Waals surface area contributed by atoms with Crippen LogP contribution >= 0.6 is 0 Å². The van der Waals surface area contributed by atoms with E-state index in [9.17, 15) is 9.59 Å². The lowest BCUT2D eigenvalue weighted by Gasteiger charge is -2.22. The van der Waals surface area contributed by atoms with Gasteiger partial charge < -0.3 is 28.5 Å². The van der Waals surface area contributed by atoms with Crippen molar-refractivity contribution in [2.45, 2.75) is 25.6 Å². The van der Waals surface area contributed by atoms with E-state index >= 15 is 0 Å². The lowest BCUT2D eigenvalue weighted by Crippen LogP contribution is -2.24. The molecule has 0 radical (unpaired) electrons. The molecule has 1 aliphatic heterocycles. The molecule has 1 heterocycles. The van der Waals surface area contributed by atoms with Crippen molar-refractivity contribution in [3.8, 4) is 0 Å². The number of rotatable bonds is 11. The third-order valence-electron chi connectivity index (χ3n) is 2.57. The van der Waals surface area contributed by atoms with Crippen molar-refractivity contribution < 1.29 is 33.3 Å². The van der Waals surface area contributed by atoms with E-state index in [0.29, 0.717) is 19.5 Å². The van der Waals surface area contributed by atoms with E-state index in [4.69, 9.17) is 23.7 Å². The van der Waals surface area contributed by atoms with Gasteiger partial charge in [0.15, 0.2) is 6.29 Å². The number of esters is 1. The zero-order valence-corrected chi connectivity index (χ0v) is 11.6. The highest BCUT2D eigenvalue weighted by Gasteiger charge is 2.13. The number of ether oxygens (including phenoxy) is 5. The van der Waals surface area contributed by atoms with Crippen molar-refractivity contribution >= 4 is 12.3 Å². The first-order valence-electron chi connectivity index (χ1n) is 6.81. The van der Waals surface area contributed by atoms with Gasteiger partial charge in [-0.15, -0.1) is 0 Å². The fraction of sp³-hybridized carbons (Fsp3) is 0.846. The van der Waals surface area contributed by atoms with Crippen LogP contribution in [0.3, 0.4) is 0 Å². The van der Waals surface area contributed by atoms with Crippen LogP contribution in [0.2, 0.25) is 0 Å². The Bertz CT molecular complexity index is 263. The van der Waals surface area contributed by atoms with E-state index in [-0.39, 0.29) is 32.7 Å². The van der Waals surface area contributed by atoms with Crippen LogP contribution in [0, 0.1) is 0 Å². The van der Waals surface area contributed by atoms with Crippen molar-refractivity contribution in [1.82, 2.24) is 0 Å². The summed E-state index contributed by atoms with van der Waals surface area (Å²) in [5, 5.41) is 0. The predicted molar refractivity (Wildman–Crippen MR) is 68.2 cm³/mol. The highest BCUT2D eigenvalue weighted by molar-refractivity contribution is 5.70. The average Bonchev–Trinajstić information content (AvgIpc) is 2.48. The molecule has 1 rings (SSSR count). The summed E-state index contributed by atoms with van der Waals surface area (Å²) in [4.78, 5) is 21.1. The highest BCUT2D eigenvalue weighted by Crippen LogP contribution is 2.13. The quantitative estimate of drug-likeness (QED) is 0.307. The Hall–Kier alpha value is -1.02. The maximum Gasteiger partial charge on any atom is 0.332 e. The minimum absolute atomic E-state index is 0.00856. The number of aldehydes is 1. The molecule has 0 aromatic heterocycles. The lowest BCUT2D eigenvalue weighted by atomic mass is 10.2. The second-order valence-corrected chi connectivity index (χ2v) is 4.18. The van der Waals surface area contributed by atoms with Crippen LogP contribution in [-0.4, -0.2) is 64.8 Å². The van der Waals surface area contributed by atoms with Crippen LogP contribution in [-0.2, 0) is 33.3 Å². The van der Waals surface area contributed by atoms with Crippen LogP contribution in [0.5, 0.6) is 0 Å². The number of hydrogen-bond acceptors (Lipinski definition) is 7. The molecule has 0 aliphatic carbocycles. The summed E-state index contributed by atoms with van der Waals surface area (Å²) in [6, 6.07) is 0. The standard InChI is InChI=1S/C13H22O7/c14-4-6-16-7-9-18-12(15)11-17-8-10-20-13-3-1-2-5-19-13/h4,13H,1-3,5-11H2. The molecule has 0 aromatic rings. The first kappa shape index (κ1) is 17.0. The van der Waals surface area contributed by atoms with Crippen molar-refractivity contribution in [2.75, 3.05) is 46.2 Å². The molecule has 7 nitrogen and oxygen atoms in total. The molecule has 116 valence electrons. The van der Waals surface area contributed by atoms with Gasteiger partial charge in [0.2, 0.25) is 0 Å². The zero-order valence-electron chi connectivity index (χ0n) is 11.6. The minimum Gasteiger partial charge on any atom is -0.462 e. The van der Waals surface area contributed by atoms with Gasteiger partial charge in [0, 0.05) is 6.61 Å². The smallest absolute Gasteiger partial charge is 0.332 e. The molecule has 7 heteroatoms. The molecule has 1 aliphatic rings. The van der Waals surface area contributed by atoms with Crippen molar-refractivity contribution in [3.05, 3.63) is 0 Å². The van der Waals surface area contributed by atoms with Gasteiger partial charge in [0.05, 0.1) is 19.8 Å². The summed E-state index contributed by atoms with van der Waals surface area (Å²) in [5.74, 6) is -0.464. The Kier molecular flexibility index (Phi) is 10.0. The van der Waals surface area contributed by atoms with Gasteiger partial charge in [-0.05, 0) is 19.3 Å². The first-order chi connectivity index (χ1) is 9.83. The summed E-state index contributed by atoms with van der Waals surface area (Å²) in [7, 11) is 0. The molecule has 1 unspecified atom stereocenters. The summed E-state index contributed by atoms with van der Waals surface area (Å²) >= 11 is 0. The molecule has 0 bridgehead atoms. The fourth-order valence-electron chi connectivity index (χ4n) is 1.62. The second-order valence-electron chi connectivity index (χ2n) is 4.18. The Morgan fingerprint density at radius 2 is 2.00 bits per heavy atom. The van der Waals surface area contributed by atoms with Gasteiger partial charge in [0.25, 0.3) is 0 Å². The molecule has 0 aromatic carbocycles. The molecule has 0 amide bonds. The summed E-state index contributed by atoms with van der Waals surface area (Å²) in [5.41, 5.74) is 0. The van der Waals surface area contributed by atoms with E-state index in [1.807, 2.05) is 0 Å². The third kappa shape index (κ3) is 8.98. The predicted octanol–water partition coefficient (Wildman–Crippen LogP) is 0.305. The lowest BCUT2D eigenvalue weighted by molar-refractivity contribution is -0.171. The van der Waals surface area contributed by atoms with Crippen LogP contribution in [0.4, 0.5) is 0 Å². The molecule has 1 fully saturated rings. The molecule has 0 N–H and O–H groups in total. The molecule has 0 saturated carbocycles. The first-order valence-corrected chi connectivity index (χ1v) is 6.81. The number of carbonyl (C=O) groups excluding carboxylic acids is 2. The molecule has 0 spiro atoms. The van der Waals surface area contributed by atoms with E-state index in [0.717, 1.165) is 25.9 Å². The maximum atomic E-state index is 11.2. The minimum atomic E-state index is -0.464. The van der Waals surface area contributed by atoms with E-state index in [2.05, 4.69) is 0 Å². The highest BCUT2D eigenvalue weighted by atomic mass is 16.7. The van der Waals surface area contributed by atoms with Gasteiger partial charge >= 0.3 is 5.97 Å². The number of carbonyl (C=O) groups is 2. The number of hydrogen-bond donors (Lipinski definition) is 0. The Morgan fingerprint density at radius 3 is 2.75 bits per heavy atom. The van der Waals surface area contributed by atoms with Crippen molar-refractivity contribution in [2.24, 2.45) is 0 Å². The maximum absolute atomic E-state index is 11.2. The van der Waals surface area contributed by atoms with Crippen LogP contribution in [0.15, 0.2) is 0 Å². The Morgan fingerprint density at radius 1 is 1.15 bits per heavy atom. The third-order valence-corrected chi connectivity index (χ3v) is 2.57. The molecule has 20 heavy (non-hydrogen) atoms. The molecular weight excluding hydrogens is 268 g/mol. The van der Waals surface area contributed by atoms with Gasteiger partial charge in [-0.1, -0.05) is 0 Å². The van der Waals surface area contributed by atoms with Crippen LogP contribution < -0.4 is 0 Å². The monoisotopic (exact) mass is 290 g/mol. The van der Waals surface area contributed by atoms with E-state index in [1.165, 1.54) is 0 Å². The van der Waals surface area contributed by atoms with Gasteiger partial charge in [-0.25, -0.2) is 4.79 Å². The fourth-order valence-corrected chi connectivity index (χ4v) is 1.62. The van der Waals surface area contributed by atoms with Gasteiger partial charge in [0.1, 0.15) is 26.1 Å². The van der Waals surface area contributed by atoms with Crippen LogP contribution in [0.25, 0.3) is 0 Å². The molecule has 1 saturated heterocycles. The van der Waals surface area contributed by atoms with Crippen molar-refractivity contribution in [1.29, 1.82) is 0 Å². The van der Waals surface area contributed by atoms with Gasteiger partial charge in [-0.3, -0.25) is 0 Å². The Labute approximate surface area is 118 Å². The van der Waals surface area contributed by atoms with E-state index < -0.39 is 5.97 Å². The van der Waals surface area contributed by atoms with E-state index in [1.54, 1.807) is 0 Å².